The summed E-state index contributed by atoms with van der Waals surface area (Å²) in [4.78, 5) is 0. The first-order chi connectivity index (χ1) is 25.6. The lowest BCUT2D eigenvalue weighted by atomic mass is 9.70. The van der Waals surface area contributed by atoms with Gasteiger partial charge in [0.25, 0.3) is 0 Å². The first kappa shape index (κ1) is 27.7. The van der Waals surface area contributed by atoms with Crippen molar-refractivity contribution in [3.05, 3.63) is 118 Å². The van der Waals surface area contributed by atoms with Crippen LogP contribution in [0.2, 0.25) is 0 Å². The van der Waals surface area contributed by atoms with Crippen molar-refractivity contribution >= 4 is 22.7 Å². The molecule has 4 aromatic rings. The van der Waals surface area contributed by atoms with E-state index < -0.39 is 0 Å². The number of hydrogen-bond acceptors (Lipinski definition) is 4. The van der Waals surface area contributed by atoms with Crippen LogP contribution >= 0.6 is 0 Å². The van der Waals surface area contributed by atoms with Gasteiger partial charge in [-0.2, -0.15) is 0 Å². The van der Waals surface area contributed by atoms with Gasteiger partial charge in [-0.15, -0.1) is 0 Å². The lowest BCUT2D eigenvalue weighted by Gasteiger charge is -2.49. The van der Waals surface area contributed by atoms with Crippen LogP contribution in [0.1, 0.15) is 84.7 Å². The maximum Gasteiger partial charge on any atom is 0.0730 e. The normalized spacial score (nSPS) is 47.0. The van der Waals surface area contributed by atoms with Gasteiger partial charge in [-0.25, -0.2) is 0 Å². The standard InChI is InChI=1S/C48H48N4/c1-7-33-8-2-25(1)17-27-6-12-37-36(19-27)48(40-24-32-22-30-13-15-45(40,51-37)42(30)44(32)48)50-34-9-3-26(4-10-34)18-28-5-11-35-38(20-28)52-46-16-14-29-21-31-23-39(46)47(35,49-33)43(31)41(29)46/h1-12,19-20,29-32,39-44,49-52H,13-18,21-24H2/t29-,30-,31-,32-,39?,40?,41-,42-,43+,44-,45-,46-,47-,48-/m0/s1. The Bertz CT molecular complexity index is 2270. The van der Waals surface area contributed by atoms with Gasteiger partial charge >= 0.3 is 0 Å². The van der Waals surface area contributed by atoms with Crippen molar-refractivity contribution in [2.75, 3.05) is 21.3 Å². The highest BCUT2D eigenvalue weighted by Gasteiger charge is 2.82. The van der Waals surface area contributed by atoms with Crippen molar-refractivity contribution in [2.24, 2.45) is 59.2 Å². The van der Waals surface area contributed by atoms with Crippen LogP contribution in [0, 0.1) is 59.2 Å². The first-order valence-electron chi connectivity index (χ1n) is 21.1. The van der Waals surface area contributed by atoms with Crippen LogP contribution in [-0.2, 0) is 23.9 Å². The van der Waals surface area contributed by atoms with Gasteiger partial charge in [0.2, 0.25) is 0 Å². The van der Waals surface area contributed by atoms with Crippen molar-refractivity contribution in [3.8, 4) is 0 Å². The van der Waals surface area contributed by atoms with Gasteiger partial charge in [0, 0.05) is 56.8 Å². The van der Waals surface area contributed by atoms with Gasteiger partial charge in [0.1, 0.15) is 0 Å². The summed E-state index contributed by atoms with van der Waals surface area (Å²) in [6.07, 6.45) is 13.2. The zero-order chi connectivity index (χ0) is 33.3. The Morgan fingerprint density at radius 2 is 0.942 bits per heavy atom. The van der Waals surface area contributed by atoms with Crippen LogP contribution in [0.5, 0.6) is 0 Å². The molecule has 8 aliphatic carbocycles. The summed E-state index contributed by atoms with van der Waals surface area (Å²) in [6, 6.07) is 34.5. The highest BCUT2D eigenvalue weighted by molar-refractivity contribution is 5.71. The predicted octanol–water partition coefficient (Wildman–Crippen LogP) is 9.52. The molecule has 8 saturated carbocycles. The smallest absolute Gasteiger partial charge is 0.0730 e. The molecular weight excluding hydrogens is 633 g/mol. The average molecular weight is 681 g/mol. The minimum absolute atomic E-state index is 0.0197. The molecular formula is C48H48N4. The average Bonchev–Trinajstić information content (AvgIpc) is 3.98. The third kappa shape index (κ3) is 2.82. The predicted molar refractivity (Wildman–Crippen MR) is 207 cm³/mol. The van der Waals surface area contributed by atoms with Gasteiger partial charge in [-0.05, 0) is 170 Å². The Morgan fingerprint density at radius 3 is 1.56 bits per heavy atom. The fourth-order valence-corrected chi connectivity index (χ4v) is 17.9. The molecule has 0 radical (unpaired) electrons. The fourth-order valence-electron chi connectivity index (χ4n) is 17.9. The quantitative estimate of drug-likeness (QED) is 0.150. The summed E-state index contributed by atoms with van der Waals surface area (Å²) in [5, 5.41) is 17.5. The summed E-state index contributed by atoms with van der Waals surface area (Å²) >= 11 is 0. The molecule has 0 aromatic heterocycles. The van der Waals surface area contributed by atoms with Crippen LogP contribution < -0.4 is 21.3 Å². The maximum absolute atomic E-state index is 4.42. The van der Waals surface area contributed by atoms with Gasteiger partial charge in [0.05, 0.1) is 11.1 Å². The van der Waals surface area contributed by atoms with E-state index in [1.807, 2.05) is 0 Å². The van der Waals surface area contributed by atoms with E-state index in [9.17, 15) is 0 Å². The van der Waals surface area contributed by atoms with Gasteiger partial charge in [0.15, 0.2) is 0 Å². The van der Waals surface area contributed by atoms with Crippen LogP contribution in [0.3, 0.4) is 0 Å². The Hall–Kier alpha value is -3.92. The van der Waals surface area contributed by atoms with Crippen molar-refractivity contribution < 1.29 is 0 Å². The molecule has 14 atom stereocenters. The molecule has 8 heterocycles. The maximum atomic E-state index is 4.42. The van der Waals surface area contributed by atoms with E-state index in [-0.39, 0.29) is 22.2 Å². The largest absolute Gasteiger partial charge is 0.379 e. The van der Waals surface area contributed by atoms with Gasteiger partial charge in [-0.1, -0.05) is 48.5 Å². The van der Waals surface area contributed by atoms with Crippen LogP contribution in [0.15, 0.2) is 84.9 Å². The van der Waals surface area contributed by atoms with E-state index in [0.29, 0.717) is 11.8 Å². The molecule has 20 rings (SSSR count). The highest BCUT2D eigenvalue weighted by Crippen LogP contribution is 2.81. The Morgan fingerprint density at radius 1 is 0.423 bits per heavy atom. The molecule has 4 heteroatoms. The highest BCUT2D eigenvalue weighted by atomic mass is 15.2. The Labute approximate surface area is 306 Å². The number of benzene rings is 4. The van der Waals surface area contributed by atoms with Crippen LogP contribution in [0.4, 0.5) is 22.7 Å². The number of nitrogens with one attached hydrogen (secondary N) is 4. The summed E-state index contributed by atoms with van der Waals surface area (Å²) < 4.78 is 0. The molecule has 0 saturated heterocycles. The lowest BCUT2D eigenvalue weighted by molar-refractivity contribution is 0.218. The van der Waals surface area contributed by atoms with Crippen LogP contribution in [-0.4, -0.2) is 11.1 Å². The van der Waals surface area contributed by atoms with Gasteiger partial charge < -0.3 is 21.3 Å². The van der Waals surface area contributed by atoms with Crippen molar-refractivity contribution in [1.82, 2.24) is 0 Å². The van der Waals surface area contributed by atoms with E-state index in [0.717, 1.165) is 60.2 Å². The summed E-state index contributed by atoms with van der Waals surface area (Å²) in [5.41, 5.74) is 14.9. The summed E-state index contributed by atoms with van der Waals surface area (Å²) in [7, 11) is 0. The molecule has 4 N–H and O–H groups in total. The topological polar surface area (TPSA) is 48.1 Å². The molecule has 17 bridgehead atoms. The SMILES string of the molecule is c1cc2ccc1Cc1ccc3c(c1)N[C@@]14CC[C@H]5C[C@H]6CC1[C@]3(Nc1ccc(cc1)Cc1ccc3c(c1)[C@]1(N2)C2C[C@@H]7C[C@@H]8CC[C@@]2(N3)[C@@H]8[C@H]71)[C@H]6[C@H]54. The molecule has 260 valence electrons. The summed E-state index contributed by atoms with van der Waals surface area (Å²) in [6.45, 7) is 0. The second kappa shape index (κ2) is 8.56. The van der Waals surface area contributed by atoms with Crippen molar-refractivity contribution in [2.45, 2.75) is 86.4 Å². The Balaban J connectivity index is 0.902. The van der Waals surface area contributed by atoms with Crippen LogP contribution in [0.25, 0.3) is 0 Å². The molecule has 8 aliphatic heterocycles. The zero-order valence-electron chi connectivity index (χ0n) is 29.9. The first-order valence-corrected chi connectivity index (χ1v) is 21.1. The number of hydrogen-bond donors (Lipinski definition) is 4. The minimum atomic E-state index is 0.0197. The third-order valence-electron chi connectivity index (χ3n) is 18.8. The molecule has 4 nitrogen and oxygen atoms in total. The lowest BCUT2D eigenvalue weighted by Crippen LogP contribution is -2.54. The second-order valence-corrected chi connectivity index (χ2v) is 20.1. The number of rotatable bonds is 0. The van der Waals surface area contributed by atoms with Gasteiger partial charge in [-0.3, -0.25) is 0 Å². The van der Waals surface area contributed by atoms with E-state index in [1.54, 1.807) is 11.1 Å². The molecule has 52 heavy (non-hydrogen) atoms. The fraction of sp³-hybridized carbons (Fsp3) is 0.500. The van der Waals surface area contributed by atoms with Crippen molar-refractivity contribution in [3.63, 3.8) is 0 Å². The van der Waals surface area contributed by atoms with Crippen molar-refractivity contribution in [1.29, 1.82) is 0 Å². The summed E-state index contributed by atoms with van der Waals surface area (Å²) in [5.74, 6) is 7.92. The third-order valence-corrected chi connectivity index (χ3v) is 18.8. The zero-order valence-corrected chi connectivity index (χ0v) is 29.9. The molecule has 4 spiro atoms. The van der Waals surface area contributed by atoms with E-state index in [1.165, 1.54) is 96.4 Å². The minimum Gasteiger partial charge on any atom is -0.379 e. The van der Waals surface area contributed by atoms with E-state index >= 15 is 0 Å². The Kier molecular flexibility index (Phi) is 4.55. The second-order valence-electron chi connectivity index (χ2n) is 20.1. The molecule has 8 fully saturated rings. The number of anilines is 4. The monoisotopic (exact) mass is 680 g/mol. The molecule has 16 aliphatic rings. The van der Waals surface area contributed by atoms with E-state index in [4.69, 9.17) is 0 Å². The van der Waals surface area contributed by atoms with E-state index in [2.05, 4.69) is 106 Å². The molecule has 4 aromatic carbocycles. The molecule has 0 amide bonds. The molecule has 2 unspecified atom stereocenters.